The summed E-state index contributed by atoms with van der Waals surface area (Å²) >= 11 is 0. The van der Waals surface area contributed by atoms with E-state index in [1.165, 1.54) is 0 Å². The van der Waals surface area contributed by atoms with Gasteiger partial charge in [-0.2, -0.15) is 9.97 Å². The number of nitrogens with zero attached hydrogens (tertiary/aromatic N) is 5. The van der Waals surface area contributed by atoms with Gasteiger partial charge in [0.15, 0.2) is 5.82 Å². The molecule has 0 spiro atoms. The fourth-order valence-corrected chi connectivity index (χ4v) is 6.31. The topological polar surface area (TPSA) is 141 Å². The van der Waals surface area contributed by atoms with Gasteiger partial charge in [-0.3, -0.25) is 4.79 Å². The molecule has 0 radical (unpaired) electrons. The lowest BCUT2D eigenvalue weighted by Crippen LogP contribution is -2.51. The monoisotopic (exact) mass is 578 g/mol. The average molecular weight is 579 g/mol. The first kappa shape index (κ1) is 27.2. The van der Waals surface area contributed by atoms with E-state index in [0.717, 1.165) is 61.4 Å². The van der Waals surface area contributed by atoms with Crippen molar-refractivity contribution in [2.24, 2.45) is 0 Å². The van der Waals surface area contributed by atoms with Gasteiger partial charge < -0.3 is 30.5 Å². The molecule has 4 N–H and O–H groups in total. The maximum Gasteiger partial charge on any atom is 0.263 e. The first-order valence-electron chi connectivity index (χ1n) is 14.7. The molecule has 4 aliphatic rings. The summed E-state index contributed by atoms with van der Waals surface area (Å²) in [6, 6.07) is 14.6. The van der Waals surface area contributed by atoms with E-state index in [1.807, 2.05) is 49.4 Å². The van der Waals surface area contributed by atoms with E-state index < -0.39 is 6.04 Å². The van der Waals surface area contributed by atoms with Crippen molar-refractivity contribution in [3.8, 4) is 11.5 Å². The Morgan fingerprint density at radius 2 is 1.86 bits per heavy atom. The molecule has 0 saturated carbocycles. The SMILES string of the molecule is C=C1c2cc(Nc3ncc(-c4nc(C56CCN(CC5)CC6)no4)c(N[C@H](CO)c4ccccc4)n3)ccc2C(=O)NC1C. The van der Waals surface area contributed by atoms with Gasteiger partial charge in [0.25, 0.3) is 11.8 Å². The maximum absolute atomic E-state index is 12.5. The summed E-state index contributed by atoms with van der Waals surface area (Å²) in [6.07, 6.45) is 4.71. The summed E-state index contributed by atoms with van der Waals surface area (Å²) in [4.78, 5) is 29.2. The number of carbonyl (C=O) groups is 1. The van der Waals surface area contributed by atoms with E-state index in [2.05, 4.69) is 37.6 Å². The predicted octanol–water partition coefficient (Wildman–Crippen LogP) is 4.30. The minimum atomic E-state index is -0.432. The third kappa shape index (κ3) is 5.04. The van der Waals surface area contributed by atoms with Crippen LogP contribution in [0.1, 0.15) is 59.5 Å². The number of piperidine rings is 3. The highest BCUT2D eigenvalue weighted by Gasteiger charge is 2.44. The van der Waals surface area contributed by atoms with Gasteiger partial charge in [0.1, 0.15) is 11.4 Å². The number of hydrogen-bond donors (Lipinski definition) is 4. The molecule has 6 heterocycles. The fourth-order valence-electron chi connectivity index (χ4n) is 6.31. The molecule has 4 aliphatic heterocycles. The molecule has 220 valence electrons. The first-order valence-corrected chi connectivity index (χ1v) is 14.7. The second-order valence-corrected chi connectivity index (χ2v) is 11.6. The van der Waals surface area contributed by atoms with Crippen molar-refractivity contribution < 1.29 is 14.4 Å². The zero-order chi connectivity index (χ0) is 29.6. The van der Waals surface area contributed by atoms with Crippen LogP contribution in [0.3, 0.4) is 0 Å². The van der Waals surface area contributed by atoms with Crippen LogP contribution in [-0.2, 0) is 5.41 Å². The molecule has 2 atom stereocenters. The van der Waals surface area contributed by atoms with Crippen molar-refractivity contribution in [1.82, 2.24) is 30.3 Å². The highest BCUT2D eigenvalue weighted by Crippen LogP contribution is 2.42. The van der Waals surface area contributed by atoms with Gasteiger partial charge in [-0.25, -0.2) is 4.98 Å². The Hall–Kier alpha value is -4.61. The number of fused-ring (bicyclic) bond motifs is 4. The largest absolute Gasteiger partial charge is 0.394 e. The summed E-state index contributed by atoms with van der Waals surface area (Å²) < 4.78 is 5.84. The van der Waals surface area contributed by atoms with E-state index >= 15 is 0 Å². The van der Waals surface area contributed by atoms with Crippen LogP contribution in [-0.4, -0.2) is 68.3 Å². The smallest absolute Gasteiger partial charge is 0.263 e. The first-order chi connectivity index (χ1) is 20.9. The lowest BCUT2D eigenvalue weighted by atomic mass is 9.71. The van der Waals surface area contributed by atoms with Gasteiger partial charge in [0.05, 0.1) is 18.7 Å². The van der Waals surface area contributed by atoms with E-state index in [-0.39, 0.29) is 24.0 Å². The normalized spacial score (nSPS) is 23.4. The van der Waals surface area contributed by atoms with Crippen LogP contribution >= 0.6 is 0 Å². The minimum Gasteiger partial charge on any atom is -0.394 e. The number of hydrogen-bond acceptors (Lipinski definition) is 10. The van der Waals surface area contributed by atoms with Crippen LogP contribution in [0, 0.1) is 0 Å². The predicted molar refractivity (Wildman–Crippen MR) is 163 cm³/mol. The van der Waals surface area contributed by atoms with Gasteiger partial charge in [-0.15, -0.1) is 0 Å². The van der Waals surface area contributed by atoms with Gasteiger partial charge >= 0.3 is 0 Å². The molecule has 4 aromatic rings. The molecular formula is C32H34N8O3. The standard InChI is InChI=1S/C32H34N8O3/c1-19-20(2)34-28(42)23-9-8-22(16-24(19)23)35-31-33-17-25(27(37-31)36-26(18-41)21-6-4-3-5-7-21)29-38-30(39-43-29)32-10-13-40(14-11-32)15-12-32/h3-9,16-17,20,26,41H,1,10-15,18H2,2H3,(H,34,42)(H2,33,35,36,37)/t20?,26-/m1/s1. The Labute approximate surface area is 249 Å². The number of aliphatic hydroxyl groups excluding tert-OH is 1. The van der Waals surface area contributed by atoms with Gasteiger partial charge in [-0.1, -0.05) is 42.1 Å². The summed E-state index contributed by atoms with van der Waals surface area (Å²) in [7, 11) is 0. The summed E-state index contributed by atoms with van der Waals surface area (Å²) in [5.41, 5.74) is 4.31. The van der Waals surface area contributed by atoms with Gasteiger partial charge in [-0.05, 0) is 80.7 Å². The Morgan fingerprint density at radius 3 is 2.60 bits per heavy atom. The highest BCUT2D eigenvalue weighted by molar-refractivity contribution is 6.04. The van der Waals surface area contributed by atoms with Crippen LogP contribution in [0.25, 0.3) is 17.0 Å². The molecule has 11 nitrogen and oxygen atoms in total. The second-order valence-electron chi connectivity index (χ2n) is 11.6. The average Bonchev–Trinajstić information content (AvgIpc) is 3.55. The van der Waals surface area contributed by atoms with Crippen LogP contribution in [0.4, 0.5) is 17.5 Å². The molecule has 0 aliphatic carbocycles. The molecule has 3 saturated heterocycles. The molecule has 1 unspecified atom stereocenters. The van der Waals surface area contributed by atoms with Crippen LogP contribution in [0.2, 0.25) is 0 Å². The lowest BCUT2D eigenvalue weighted by Gasteiger charge is -2.46. The number of aliphatic hydroxyl groups is 1. The van der Waals surface area contributed by atoms with Crippen LogP contribution in [0.5, 0.6) is 0 Å². The Balaban J connectivity index is 1.23. The Kier molecular flexibility index (Phi) is 6.91. The molecule has 2 bridgehead atoms. The molecule has 2 aromatic heterocycles. The number of rotatable bonds is 8. The molecule has 11 heteroatoms. The van der Waals surface area contributed by atoms with Crippen LogP contribution in [0.15, 0.2) is 65.8 Å². The number of carbonyl (C=O) groups excluding carboxylic acids is 1. The number of aromatic nitrogens is 4. The summed E-state index contributed by atoms with van der Waals surface area (Å²) in [5, 5.41) is 24.3. The zero-order valence-corrected chi connectivity index (χ0v) is 24.0. The summed E-state index contributed by atoms with van der Waals surface area (Å²) in [5.74, 6) is 1.72. The van der Waals surface area contributed by atoms with Crippen molar-refractivity contribution in [1.29, 1.82) is 0 Å². The van der Waals surface area contributed by atoms with Crippen molar-refractivity contribution in [3.63, 3.8) is 0 Å². The summed E-state index contributed by atoms with van der Waals surface area (Å²) in [6.45, 7) is 9.07. The van der Waals surface area contributed by atoms with Crippen molar-refractivity contribution in [3.05, 3.63) is 83.8 Å². The van der Waals surface area contributed by atoms with Crippen molar-refractivity contribution in [2.45, 2.75) is 43.7 Å². The number of anilines is 3. The van der Waals surface area contributed by atoms with Crippen molar-refractivity contribution >= 4 is 28.9 Å². The molecule has 43 heavy (non-hydrogen) atoms. The second kappa shape index (κ2) is 10.9. The van der Waals surface area contributed by atoms with Crippen LogP contribution < -0.4 is 16.0 Å². The van der Waals surface area contributed by atoms with Crippen molar-refractivity contribution in [2.75, 3.05) is 36.9 Å². The van der Waals surface area contributed by atoms with E-state index in [9.17, 15) is 9.90 Å². The molecule has 8 rings (SSSR count). The molecular weight excluding hydrogens is 544 g/mol. The van der Waals surface area contributed by atoms with E-state index in [0.29, 0.717) is 34.5 Å². The molecule has 1 amide bonds. The Bertz CT molecular complexity index is 1670. The van der Waals surface area contributed by atoms with E-state index in [4.69, 9.17) is 14.5 Å². The zero-order valence-electron chi connectivity index (χ0n) is 24.0. The number of amides is 1. The molecule has 3 fully saturated rings. The maximum atomic E-state index is 12.5. The number of benzene rings is 2. The number of nitrogens with one attached hydrogen (secondary N) is 3. The van der Waals surface area contributed by atoms with Gasteiger partial charge in [0.2, 0.25) is 5.95 Å². The fraction of sp³-hybridized carbons (Fsp3) is 0.344. The minimum absolute atomic E-state index is 0.0605. The van der Waals surface area contributed by atoms with Gasteiger partial charge in [0, 0.05) is 22.9 Å². The third-order valence-corrected chi connectivity index (χ3v) is 9.07. The quantitative estimate of drug-likeness (QED) is 0.239. The Morgan fingerprint density at radius 1 is 1.09 bits per heavy atom. The lowest BCUT2D eigenvalue weighted by molar-refractivity contribution is 0.0747. The highest BCUT2D eigenvalue weighted by atomic mass is 16.5. The van der Waals surface area contributed by atoms with E-state index in [1.54, 1.807) is 12.3 Å². The third-order valence-electron chi connectivity index (χ3n) is 9.07. The molecule has 2 aromatic carbocycles.